The van der Waals surface area contributed by atoms with Crippen LogP contribution in [0.3, 0.4) is 0 Å². The van der Waals surface area contributed by atoms with Crippen LogP contribution in [0.4, 0.5) is 5.13 Å². The third kappa shape index (κ3) is 3.70. The van der Waals surface area contributed by atoms with Crippen LogP contribution in [0.15, 0.2) is 48.7 Å². The molecule has 2 aliphatic rings. The Hall–Kier alpha value is -3.13. The minimum absolute atomic E-state index is 0.0365. The van der Waals surface area contributed by atoms with Crippen LogP contribution >= 0.6 is 11.3 Å². The molecule has 7 nitrogen and oxygen atoms in total. The molecule has 0 radical (unpaired) electrons. The Kier molecular flexibility index (Phi) is 5.00. The number of fused-ring (bicyclic) bond motifs is 1. The van der Waals surface area contributed by atoms with E-state index in [-0.39, 0.29) is 24.2 Å². The van der Waals surface area contributed by atoms with Crippen molar-refractivity contribution in [2.45, 2.75) is 25.8 Å². The maximum absolute atomic E-state index is 13.1. The molecule has 152 valence electrons. The molecule has 0 bridgehead atoms. The van der Waals surface area contributed by atoms with Crippen molar-refractivity contribution in [3.8, 4) is 0 Å². The van der Waals surface area contributed by atoms with Gasteiger partial charge in [0.15, 0.2) is 0 Å². The Balaban J connectivity index is 1.25. The first kappa shape index (κ1) is 18.9. The van der Waals surface area contributed by atoms with Crippen molar-refractivity contribution >= 4 is 28.3 Å². The summed E-state index contributed by atoms with van der Waals surface area (Å²) in [6, 6.07) is 14.0. The van der Waals surface area contributed by atoms with Crippen LogP contribution in [0, 0.1) is 5.92 Å². The summed E-state index contributed by atoms with van der Waals surface area (Å²) in [6.07, 6.45) is 3.45. The number of pyridine rings is 1. The fraction of sp³-hybridized carbons (Fsp3) is 0.318. The second kappa shape index (κ2) is 7.95. The van der Waals surface area contributed by atoms with E-state index in [9.17, 15) is 9.59 Å². The molecule has 5 rings (SSSR count). The molecular weight excluding hydrogens is 398 g/mol. The van der Waals surface area contributed by atoms with Gasteiger partial charge in [0.25, 0.3) is 0 Å². The van der Waals surface area contributed by atoms with Crippen LogP contribution in [0.1, 0.15) is 28.2 Å². The number of benzene rings is 1. The van der Waals surface area contributed by atoms with Gasteiger partial charge in [-0.1, -0.05) is 47.7 Å². The van der Waals surface area contributed by atoms with Crippen molar-refractivity contribution in [2.24, 2.45) is 5.92 Å². The van der Waals surface area contributed by atoms with Crippen LogP contribution in [0.25, 0.3) is 0 Å². The largest absolute Gasteiger partial charge is 0.338 e. The molecule has 0 saturated carbocycles. The molecule has 1 saturated heterocycles. The summed E-state index contributed by atoms with van der Waals surface area (Å²) in [7, 11) is 0. The standard InChI is InChI=1S/C22H21N5O2S/c28-20-12-17(21(29)26-10-8-18-16(13-26)7-4-9-23-18)14-27(20)22-25-24-19(30-22)11-15-5-2-1-3-6-15/h1-7,9,17H,8,10-14H2. The molecule has 0 spiro atoms. The van der Waals surface area contributed by atoms with Crippen LogP contribution in [-0.2, 0) is 29.0 Å². The second-order valence-electron chi connectivity index (χ2n) is 7.67. The lowest BCUT2D eigenvalue weighted by Crippen LogP contribution is -2.40. The van der Waals surface area contributed by atoms with E-state index < -0.39 is 0 Å². The quantitative estimate of drug-likeness (QED) is 0.649. The van der Waals surface area contributed by atoms with Crippen LogP contribution in [0.5, 0.6) is 0 Å². The molecule has 4 heterocycles. The van der Waals surface area contributed by atoms with Gasteiger partial charge in [0.1, 0.15) is 5.01 Å². The van der Waals surface area contributed by atoms with Gasteiger partial charge in [-0.05, 0) is 17.2 Å². The van der Waals surface area contributed by atoms with E-state index in [2.05, 4.69) is 15.2 Å². The summed E-state index contributed by atoms with van der Waals surface area (Å²) in [4.78, 5) is 33.6. The average molecular weight is 420 g/mol. The van der Waals surface area contributed by atoms with E-state index >= 15 is 0 Å². The van der Waals surface area contributed by atoms with Crippen LogP contribution < -0.4 is 4.90 Å². The number of aromatic nitrogens is 3. The molecular formula is C22H21N5O2S. The SMILES string of the molecule is O=C(C1CC(=O)N(c2nnc(Cc3ccccc3)s2)C1)N1CCc2ncccc2C1. The fourth-order valence-corrected chi connectivity index (χ4v) is 4.97. The smallest absolute Gasteiger partial charge is 0.229 e. The highest BCUT2D eigenvalue weighted by Gasteiger charge is 2.39. The molecule has 0 aliphatic carbocycles. The normalized spacial score (nSPS) is 18.5. The molecule has 1 atom stereocenters. The first-order chi connectivity index (χ1) is 14.7. The van der Waals surface area contributed by atoms with Gasteiger partial charge in [0, 0.05) is 50.8 Å². The predicted octanol–water partition coefficient (Wildman–Crippen LogP) is 2.46. The highest BCUT2D eigenvalue weighted by atomic mass is 32.1. The summed E-state index contributed by atoms with van der Waals surface area (Å²) in [5.74, 6) is -0.360. The molecule has 1 aromatic carbocycles. The molecule has 0 N–H and O–H groups in total. The van der Waals surface area contributed by atoms with E-state index in [0.717, 1.165) is 28.2 Å². The second-order valence-corrected chi connectivity index (χ2v) is 8.71. The first-order valence-electron chi connectivity index (χ1n) is 10.1. The summed E-state index contributed by atoms with van der Waals surface area (Å²) in [5.41, 5.74) is 3.30. The van der Waals surface area contributed by atoms with E-state index in [1.54, 1.807) is 11.1 Å². The molecule has 30 heavy (non-hydrogen) atoms. The van der Waals surface area contributed by atoms with Gasteiger partial charge in [-0.15, -0.1) is 10.2 Å². The lowest BCUT2D eigenvalue weighted by molar-refractivity contribution is -0.136. The molecule has 3 aromatic rings. The molecule has 2 amide bonds. The van der Waals surface area contributed by atoms with Gasteiger partial charge >= 0.3 is 0 Å². The first-order valence-corrected chi connectivity index (χ1v) is 10.9. The number of rotatable bonds is 4. The highest BCUT2D eigenvalue weighted by molar-refractivity contribution is 7.15. The van der Waals surface area contributed by atoms with Crippen molar-refractivity contribution in [2.75, 3.05) is 18.0 Å². The van der Waals surface area contributed by atoms with Crippen molar-refractivity contribution in [3.05, 3.63) is 70.5 Å². The summed E-state index contributed by atoms with van der Waals surface area (Å²) in [5, 5.41) is 9.91. The predicted molar refractivity (Wildman–Crippen MR) is 113 cm³/mol. The van der Waals surface area contributed by atoms with Crippen molar-refractivity contribution < 1.29 is 9.59 Å². The topological polar surface area (TPSA) is 79.3 Å². The van der Waals surface area contributed by atoms with Gasteiger partial charge in [-0.2, -0.15) is 0 Å². The molecule has 1 unspecified atom stereocenters. The number of hydrogen-bond donors (Lipinski definition) is 0. The number of carbonyl (C=O) groups is 2. The number of amides is 2. The highest BCUT2D eigenvalue weighted by Crippen LogP contribution is 2.30. The molecule has 2 aromatic heterocycles. The Morgan fingerprint density at radius 2 is 2.00 bits per heavy atom. The minimum Gasteiger partial charge on any atom is -0.338 e. The summed E-state index contributed by atoms with van der Waals surface area (Å²) < 4.78 is 0. The fourth-order valence-electron chi connectivity index (χ4n) is 4.07. The number of anilines is 1. The van der Waals surface area contributed by atoms with E-state index in [1.807, 2.05) is 47.4 Å². The molecule has 1 fully saturated rings. The van der Waals surface area contributed by atoms with Gasteiger partial charge in [0.05, 0.1) is 5.92 Å². The number of nitrogens with zero attached hydrogens (tertiary/aromatic N) is 5. The summed E-state index contributed by atoms with van der Waals surface area (Å²) in [6.45, 7) is 1.58. The van der Waals surface area contributed by atoms with Crippen molar-refractivity contribution in [1.82, 2.24) is 20.1 Å². The van der Waals surface area contributed by atoms with Crippen molar-refractivity contribution in [1.29, 1.82) is 0 Å². The maximum atomic E-state index is 13.1. The Labute approximate surface area is 178 Å². The monoisotopic (exact) mass is 419 g/mol. The number of hydrogen-bond acceptors (Lipinski definition) is 6. The summed E-state index contributed by atoms with van der Waals surface area (Å²) >= 11 is 1.42. The Bertz CT molecular complexity index is 1080. The zero-order valence-corrected chi connectivity index (χ0v) is 17.2. The van der Waals surface area contributed by atoms with E-state index in [1.165, 1.54) is 11.3 Å². The van der Waals surface area contributed by atoms with Gasteiger partial charge in [0.2, 0.25) is 16.9 Å². The van der Waals surface area contributed by atoms with Crippen LogP contribution in [-0.4, -0.2) is 45.0 Å². The third-order valence-corrected chi connectivity index (χ3v) is 6.58. The lowest BCUT2D eigenvalue weighted by Gasteiger charge is -2.30. The average Bonchev–Trinajstić information content (AvgIpc) is 3.40. The van der Waals surface area contributed by atoms with E-state index in [0.29, 0.717) is 31.2 Å². The van der Waals surface area contributed by atoms with Crippen molar-refractivity contribution in [3.63, 3.8) is 0 Å². The zero-order valence-electron chi connectivity index (χ0n) is 16.4. The lowest BCUT2D eigenvalue weighted by atomic mass is 10.0. The van der Waals surface area contributed by atoms with Crippen LogP contribution in [0.2, 0.25) is 0 Å². The van der Waals surface area contributed by atoms with Gasteiger partial charge < -0.3 is 4.90 Å². The molecule has 2 aliphatic heterocycles. The van der Waals surface area contributed by atoms with Gasteiger partial charge in [-0.25, -0.2) is 0 Å². The van der Waals surface area contributed by atoms with Gasteiger partial charge in [-0.3, -0.25) is 19.5 Å². The number of carbonyl (C=O) groups excluding carboxylic acids is 2. The third-order valence-electron chi connectivity index (χ3n) is 5.64. The Morgan fingerprint density at radius 3 is 2.87 bits per heavy atom. The van der Waals surface area contributed by atoms with E-state index in [4.69, 9.17) is 0 Å². The minimum atomic E-state index is -0.336. The Morgan fingerprint density at radius 1 is 1.13 bits per heavy atom. The zero-order chi connectivity index (χ0) is 20.5. The maximum Gasteiger partial charge on any atom is 0.229 e. The molecule has 8 heteroatoms.